The molecule has 0 atom stereocenters. The Morgan fingerprint density at radius 3 is 2.63 bits per heavy atom. The van der Waals surface area contributed by atoms with Crippen LogP contribution in [0.1, 0.15) is 27.4 Å². The van der Waals surface area contributed by atoms with E-state index in [1.165, 1.54) is 0 Å². The number of benzene rings is 1. The molecule has 0 unspecified atom stereocenters. The Balaban J connectivity index is 2.12. The van der Waals surface area contributed by atoms with Crippen LogP contribution in [0, 0.1) is 13.8 Å². The van der Waals surface area contributed by atoms with Crippen molar-refractivity contribution in [2.75, 3.05) is 0 Å². The summed E-state index contributed by atoms with van der Waals surface area (Å²) in [4.78, 5) is 16.5. The maximum atomic E-state index is 12.4. The Labute approximate surface area is 110 Å². The van der Waals surface area contributed by atoms with E-state index in [-0.39, 0.29) is 5.78 Å². The number of rotatable bonds is 2. The molecule has 0 N–H and O–H groups in total. The molecule has 19 heavy (non-hydrogen) atoms. The first kappa shape index (κ1) is 11.7. The molecule has 0 radical (unpaired) electrons. The summed E-state index contributed by atoms with van der Waals surface area (Å²) in [6, 6.07) is 11.3. The smallest absolute Gasteiger partial charge is 0.246 e. The van der Waals surface area contributed by atoms with Crippen LogP contribution in [0.4, 0.5) is 0 Å². The number of carbonyl (C=O) groups is 1. The maximum absolute atomic E-state index is 12.4. The SMILES string of the molecule is Cc1cccnc1C(=O)c1cc2cccc(C)c2o1. The minimum Gasteiger partial charge on any atom is -0.452 e. The van der Waals surface area contributed by atoms with Gasteiger partial charge in [-0.15, -0.1) is 0 Å². The first-order valence-corrected chi connectivity index (χ1v) is 6.12. The van der Waals surface area contributed by atoms with Crippen molar-refractivity contribution in [3.63, 3.8) is 0 Å². The molecule has 2 heterocycles. The molecular formula is C16H13NO2. The monoisotopic (exact) mass is 251 g/mol. The molecule has 0 saturated carbocycles. The lowest BCUT2D eigenvalue weighted by Crippen LogP contribution is -2.04. The quantitative estimate of drug-likeness (QED) is 0.652. The van der Waals surface area contributed by atoms with Crippen LogP contribution < -0.4 is 0 Å². The Morgan fingerprint density at radius 2 is 1.89 bits per heavy atom. The molecule has 0 aliphatic rings. The predicted octanol–water partition coefficient (Wildman–Crippen LogP) is 3.68. The van der Waals surface area contributed by atoms with Gasteiger partial charge in [-0.3, -0.25) is 9.78 Å². The van der Waals surface area contributed by atoms with Gasteiger partial charge in [0.15, 0.2) is 5.76 Å². The van der Waals surface area contributed by atoms with Crippen LogP contribution in [0.15, 0.2) is 47.0 Å². The molecule has 0 amide bonds. The van der Waals surface area contributed by atoms with Gasteiger partial charge in [0.05, 0.1) is 0 Å². The number of fused-ring (bicyclic) bond motifs is 1. The molecule has 3 aromatic rings. The number of carbonyl (C=O) groups excluding carboxylic acids is 1. The molecule has 3 nitrogen and oxygen atoms in total. The lowest BCUT2D eigenvalue weighted by Gasteiger charge is -2.00. The third kappa shape index (κ3) is 1.93. The lowest BCUT2D eigenvalue weighted by atomic mass is 10.1. The number of para-hydroxylation sites is 1. The lowest BCUT2D eigenvalue weighted by molar-refractivity contribution is 0.101. The molecule has 0 aliphatic carbocycles. The fourth-order valence-electron chi connectivity index (χ4n) is 2.16. The largest absolute Gasteiger partial charge is 0.452 e. The van der Waals surface area contributed by atoms with E-state index in [0.29, 0.717) is 11.5 Å². The Bertz CT molecular complexity index is 771. The van der Waals surface area contributed by atoms with Crippen LogP contribution in [0.2, 0.25) is 0 Å². The van der Waals surface area contributed by atoms with Gasteiger partial charge in [0, 0.05) is 11.6 Å². The van der Waals surface area contributed by atoms with E-state index in [0.717, 1.165) is 22.1 Å². The van der Waals surface area contributed by atoms with E-state index in [9.17, 15) is 4.79 Å². The number of hydrogen-bond donors (Lipinski definition) is 0. The van der Waals surface area contributed by atoms with Gasteiger partial charge in [-0.25, -0.2) is 0 Å². The Hall–Kier alpha value is -2.42. The summed E-state index contributed by atoms with van der Waals surface area (Å²) in [5, 5.41) is 0.942. The van der Waals surface area contributed by atoms with E-state index < -0.39 is 0 Å². The van der Waals surface area contributed by atoms with Gasteiger partial charge in [-0.2, -0.15) is 0 Å². The second-order valence-corrected chi connectivity index (χ2v) is 4.60. The van der Waals surface area contributed by atoms with Gasteiger partial charge in [0.1, 0.15) is 11.3 Å². The number of furan rings is 1. The van der Waals surface area contributed by atoms with Crippen molar-refractivity contribution in [3.05, 3.63) is 65.2 Å². The number of aryl methyl sites for hydroxylation is 2. The van der Waals surface area contributed by atoms with Crippen LogP contribution in [0.5, 0.6) is 0 Å². The van der Waals surface area contributed by atoms with Crippen molar-refractivity contribution in [2.45, 2.75) is 13.8 Å². The molecule has 0 spiro atoms. The van der Waals surface area contributed by atoms with Crippen molar-refractivity contribution < 1.29 is 9.21 Å². The molecule has 0 bridgehead atoms. The summed E-state index contributed by atoms with van der Waals surface area (Å²) in [6.45, 7) is 3.83. The zero-order valence-electron chi connectivity index (χ0n) is 10.8. The average molecular weight is 251 g/mol. The van der Waals surface area contributed by atoms with Crippen LogP contribution in [0.3, 0.4) is 0 Å². The highest BCUT2D eigenvalue weighted by Gasteiger charge is 2.18. The minimum absolute atomic E-state index is 0.172. The molecular weight excluding hydrogens is 238 g/mol. The van der Waals surface area contributed by atoms with Crippen molar-refractivity contribution in [3.8, 4) is 0 Å². The molecule has 0 saturated heterocycles. The number of aromatic nitrogens is 1. The van der Waals surface area contributed by atoms with Crippen molar-refractivity contribution in [1.29, 1.82) is 0 Å². The highest BCUT2D eigenvalue weighted by Crippen LogP contribution is 2.24. The second-order valence-electron chi connectivity index (χ2n) is 4.60. The van der Waals surface area contributed by atoms with Gasteiger partial charge in [-0.1, -0.05) is 24.3 Å². The summed E-state index contributed by atoms with van der Waals surface area (Å²) in [5.74, 6) is 0.166. The van der Waals surface area contributed by atoms with E-state index in [4.69, 9.17) is 4.42 Å². The van der Waals surface area contributed by atoms with Crippen LogP contribution in [-0.2, 0) is 0 Å². The molecule has 0 fully saturated rings. The summed E-state index contributed by atoms with van der Waals surface area (Å²) < 4.78 is 5.68. The van der Waals surface area contributed by atoms with Crippen LogP contribution in [-0.4, -0.2) is 10.8 Å². The topological polar surface area (TPSA) is 43.1 Å². The first-order valence-electron chi connectivity index (χ1n) is 6.12. The van der Waals surface area contributed by atoms with E-state index in [1.807, 2.05) is 44.2 Å². The molecule has 3 rings (SSSR count). The maximum Gasteiger partial charge on any atom is 0.246 e. The van der Waals surface area contributed by atoms with Gasteiger partial charge < -0.3 is 4.42 Å². The van der Waals surface area contributed by atoms with Gasteiger partial charge in [0.2, 0.25) is 5.78 Å². The van der Waals surface area contributed by atoms with Crippen molar-refractivity contribution in [1.82, 2.24) is 4.98 Å². The summed E-state index contributed by atoms with van der Waals surface area (Å²) in [5.41, 5.74) is 3.08. The Kier molecular flexibility index (Phi) is 2.67. The number of pyridine rings is 1. The summed E-state index contributed by atoms with van der Waals surface area (Å²) in [7, 11) is 0. The third-order valence-electron chi connectivity index (χ3n) is 3.19. The predicted molar refractivity (Wildman–Crippen MR) is 73.4 cm³/mol. The van der Waals surface area contributed by atoms with Gasteiger partial charge in [-0.05, 0) is 37.1 Å². The van der Waals surface area contributed by atoms with Crippen LogP contribution in [0.25, 0.3) is 11.0 Å². The molecule has 2 aromatic heterocycles. The molecule has 1 aromatic carbocycles. The fourth-order valence-corrected chi connectivity index (χ4v) is 2.16. The zero-order valence-corrected chi connectivity index (χ0v) is 10.8. The first-order chi connectivity index (χ1) is 9.16. The average Bonchev–Trinajstić information content (AvgIpc) is 2.84. The zero-order chi connectivity index (χ0) is 13.4. The van der Waals surface area contributed by atoms with Gasteiger partial charge >= 0.3 is 0 Å². The van der Waals surface area contributed by atoms with E-state index >= 15 is 0 Å². The minimum atomic E-state index is -0.172. The summed E-state index contributed by atoms with van der Waals surface area (Å²) >= 11 is 0. The molecule has 3 heteroatoms. The number of ketones is 1. The highest BCUT2D eigenvalue weighted by atomic mass is 16.3. The van der Waals surface area contributed by atoms with E-state index in [1.54, 1.807) is 12.3 Å². The van der Waals surface area contributed by atoms with Gasteiger partial charge in [0.25, 0.3) is 0 Å². The Morgan fingerprint density at radius 1 is 1.11 bits per heavy atom. The van der Waals surface area contributed by atoms with Crippen molar-refractivity contribution >= 4 is 16.8 Å². The third-order valence-corrected chi connectivity index (χ3v) is 3.19. The van der Waals surface area contributed by atoms with Crippen LogP contribution >= 0.6 is 0 Å². The molecule has 0 aliphatic heterocycles. The fraction of sp³-hybridized carbons (Fsp3) is 0.125. The number of nitrogens with zero attached hydrogens (tertiary/aromatic N) is 1. The second kappa shape index (κ2) is 4.35. The normalized spacial score (nSPS) is 10.8. The van der Waals surface area contributed by atoms with E-state index in [2.05, 4.69) is 4.98 Å². The van der Waals surface area contributed by atoms with Crippen molar-refractivity contribution in [2.24, 2.45) is 0 Å². The highest BCUT2D eigenvalue weighted by molar-refractivity contribution is 6.08. The standard InChI is InChI=1S/C16H13NO2/c1-10-6-4-8-17-14(10)15(18)13-9-12-7-3-5-11(2)16(12)19-13/h3-9H,1-2H3. The summed E-state index contributed by atoms with van der Waals surface area (Å²) in [6.07, 6.45) is 1.62. The number of hydrogen-bond acceptors (Lipinski definition) is 3. The molecule has 94 valence electrons.